The molecular weight excluding hydrogens is 226 g/mol. The van der Waals surface area contributed by atoms with E-state index in [-0.39, 0.29) is 17.2 Å². The zero-order valence-corrected chi connectivity index (χ0v) is 12.6. The van der Waals surface area contributed by atoms with Crippen molar-refractivity contribution in [2.45, 2.75) is 39.7 Å². The van der Waals surface area contributed by atoms with Gasteiger partial charge >= 0.3 is 0 Å². The highest BCUT2D eigenvalue weighted by molar-refractivity contribution is 5.79. The summed E-state index contributed by atoms with van der Waals surface area (Å²) in [6.07, 6.45) is 1.94. The van der Waals surface area contributed by atoms with Crippen molar-refractivity contribution in [1.29, 1.82) is 0 Å². The molecule has 0 aliphatic carbocycles. The van der Waals surface area contributed by atoms with Gasteiger partial charge in [0.05, 0.1) is 5.92 Å². The van der Waals surface area contributed by atoms with Crippen molar-refractivity contribution in [1.82, 2.24) is 9.80 Å². The lowest BCUT2D eigenvalue weighted by atomic mass is 9.84. The number of hydrogen-bond acceptors (Lipinski definition) is 3. The van der Waals surface area contributed by atoms with E-state index in [4.69, 9.17) is 5.73 Å². The van der Waals surface area contributed by atoms with Crippen molar-refractivity contribution in [3.05, 3.63) is 0 Å². The molecule has 2 unspecified atom stereocenters. The summed E-state index contributed by atoms with van der Waals surface area (Å²) in [7, 11) is 4.16. The van der Waals surface area contributed by atoms with Crippen LogP contribution in [-0.4, -0.2) is 55.5 Å². The van der Waals surface area contributed by atoms with Gasteiger partial charge in [0.2, 0.25) is 5.91 Å². The van der Waals surface area contributed by atoms with Crippen molar-refractivity contribution in [2.75, 3.05) is 33.7 Å². The smallest absolute Gasteiger partial charge is 0.227 e. The topological polar surface area (TPSA) is 49.6 Å². The molecule has 0 aromatic carbocycles. The Morgan fingerprint density at radius 3 is 2.44 bits per heavy atom. The predicted octanol–water partition coefficient (Wildman–Crippen LogP) is 1.16. The Kier molecular flexibility index (Phi) is 5.17. The molecule has 1 amide bonds. The molecule has 0 spiro atoms. The molecule has 1 saturated heterocycles. The van der Waals surface area contributed by atoms with E-state index in [9.17, 15) is 4.79 Å². The number of amides is 1. The second-order valence-corrected chi connectivity index (χ2v) is 6.89. The van der Waals surface area contributed by atoms with E-state index >= 15 is 0 Å². The van der Waals surface area contributed by atoms with Gasteiger partial charge in [-0.2, -0.15) is 0 Å². The highest BCUT2D eigenvalue weighted by atomic mass is 16.2. The maximum atomic E-state index is 12.4. The Balaban J connectivity index is 2.58. The van der Waals surface area contributed by atoms with Gasteiger partial charge in [0.1, 0.15) is 0 Å². The number of nitrogens with two attached hydrogens (primary N) is 1. The Labute approximate surface area is 111 Å². The first-order chi connectivity index (χ1) is 8.24. The van der Waals surface area contributed by atoms with Gasteiger partial charge in [-0.25, -0.2) is 0 Å². The van der Waals surface area contributed by atoms with Crippen LogP contribution in [0.3, 0.4) is 0 Å². The van der Waals surface area contributed by atoms with Crippen LogP contribution in [0.1, 0.15) is 33.6 Å². The molecule has 106 valence electrons. The van der Waals surface area contributed by atoms with E-state index < -0.39 is 0 Å². The van der Waals surface area contributed by atoms with Gasteiger partial charge in [0.25, 0.3) is 0 Å². The third-order valence-corrected chi connectivity index (χ3v) is 3.70. The van der Waals surface area contributed by atoms with Crippen molar-refractivity contribution >= 4 is 5.91 Å². The van der Waals surface area contributed by atoms with Crippen LogP contribution in [0, 0.1) is 11.3 Å². The largest absolute Gasteiger partial charge is 0.341 e. The molecule has 1 heterocycles. The SMILES string of the molecule is CN(C)C1CCN(C(=O)C(CN)CC(C)(C)C)C1. The lowest BCUT2D eigenvalue weighted by Gasteiger charge is -2.28. The van der Waals surface area contributed by atoms with Gasteiger partial charge < -0.3 is 15.5 Å². The molecule has 0 radical (unpaired) electrons. The quantitative estimate of drug-likeness (QED) is 0.820. The zero-order chi connectivity index (χ0) is 13.9. The standard InChI is InChI=1S/C14H29N3O/c1-14(2,3)8-11(9-15)13(18)17-7-6-12(10-17)16(4)5/h11-12H,6-10,15H2,1-5H3. The van der Waals surface area contributed by atoms with Gasteiger partial charge in [-0.1, -0.05) is 20.8 Å². The molecule has 18 heavy (non-hydrogen) atoms. The van der Waals surface area contributed by atoms with E-state index in [1.807, 2.05) is 4.90 Å². The number of carbonyl (C=O) groups is 1. The van der Waals surface area contributed by atoms with Gasteiger partial charge in [-0.05, 0) is 32.4 Å². The number of carbonyl (C=O) groups excluding carboxylic acids is 1. The lowest BCUT2D eigenvalue weighted by molar-refractivity contribution is -0.135. The van der Waals surface area contributed by atoms with Gasteiger partial charge in [-0.3, -0.25) is 4.79 Å². The minimum atomic E-state index is -0.0223. The number of hydrogen-bond donors (Lipinski definition) is 1. The molecule has 4 heteroatoms. The molecule has 2 N–H and O–H groups in total. The fraction of sp³-hybridized carbons (Fsp3) is 0.929. The molecule has 2 atom stereocenters. The maximum Gasteiger partial charge on any atom is 0.227 e. The zero-order valence-electron chi connectivity index (χ0n) is 12.6. The summed E-state index contributed by atoms with van der Waals surface area (Å²) < 4.78 is 0. The molecule has 0 saturated carbocycles. The van der Waals surface area contributed by atoms with Gasteiger partial charge in [0.15, 0.2) is 0 Å². The number of likely N-dealkylation sites (N-methyl/N-ethyl adjacent to an activating group) is 1. The van der Waals surface area contributed by atoms with Crippen LogP contribution >= 0.6 is 0 Å². The van der Waals surface area contributed by atoms with Crippen LogP contribution < -0.4 is 5.73 Å². The van der Waals surface area contributed by atoms with Crippen LogP contribution in [0.5, 0.6) is 0 Å². The molecule has 1 aliphatic rings. The number of nitrogens with zero attached hydrogens (tertiary/aromatic N) is 2. The van der Waals surface area contributed by atoms with Crippen molar-refractivity contribution in [3.63, 3.8) is 0 Å². The average Bonchev–Trinajstić information content (AvgIpc) is 2.72. The molecule has 1 rings (SSSR count). The fourth-order valence-electron chi connectivity index (χ4n) is 2.63. The third kappa shape index (κ3) is 4.25. The van der Waals surface area contributed by atoms with Gasteiger partial charge in [0, 0.05) is 25.7 Å². The van der Waals surface area contributed by atoms with E-state index in [2.05, 4.69) is 39.8 Å². The minimum Gasteiger partial charge on any atom is -0.341 e. The number of rotatable bonds is 4. The normalized spacial score (nSPS) is 22.6. The van der Waals surface area contributed by atoms with Crippen molar-refractivity contribution < 1.29 is 4.79 Å². The Morgan fingerprint density at radius 1 is 1.44 bits per heavy atom. The summed E-state index contributed by atoms with van der Waals surface area (Å²) in [6, 6.07) is 0.502. The molecule has 0 aromatic rings. The molecule has 1 fully saturated rings. The summed E-state index contributed by atoms with van der Waals surface area (Å²) in [4.78, 5) is 16.6. The third-order valence-electron chi connectivity index (χ3n) is 3.70. The summed E-state index contributed by atoms with van der Waals surface area (Å²) in [5.74, 6) is 0.225. The van der Waals surface area contributed by atoms with E-state index in [0.29, 0.717) is 12.6 Å². The second kappa shape index (κ2) is 6.02. The average molecular weight is 255 g/mol. The summed E-state index contributed by atoms with van der Waals surface area (Å²) in [5, 5.41) is 0. The monoisotopic (exact) mass is 255 g/mol. The lowest BCUT2D eigenvalue weighted by Crippen LogP contribution is -2.41. The first-order valence-corrected chi connectivity index (χ1v) is 6.90. The van der Waals surface area contributed by atoms with Crippen molar-refractivity contribution in [2.24, 2.45) is 17.1 Å². The molecule has 1 aliphatic heterocycles. The van der Waals surface area contributed by atoms with Crippen LogP contribution in [-0.2, 0) is 4.79 Å². The first kappa shape index (κ1) is 15.4. The minimum absolute atomic E-state index is 0.0223. The van der Waals surface area contributed by atoms with Gasteiger partial charge in [-0.15, -0.1) is 0 Å². The van der Waals surface area contributed by atoms with Crippen LogP contribution in [0.2, 0.25) is 0 Å². The molecular formula is C14H29N3O. The predicted molar refractivity (Wildman–Crippen MR) is 75.3 cm³/mol. The Morgan fingerprint density at radius 2 is 2.06 bits per heavy atom. The highest BCUT2D eigenvalue weighted by Crippen LogP contribution is 2.26. The van der Waals surface area contributed by atoms with Crippen LogP contribution in [0.4, 0.5) is 0 Å². The number of likely N-dealkylation sites (tertiary alicyclic amines) is 1. The molecule has 4 nitrogen and oxygen atoms in total. The highest BCUT2D eigenvalue weighted by Gasteiger charge is 2.32. The summed E-state index contributed by atoms with van der Waals surface area (Å²) in [5.41, 5.74) is 5.94. The molecule has 0 aromatic heterocycles. The van der Waals surface area contributed by atoms with Crippen LogP contribution in [0.25, 0.3) is 0 Å². The van der Waals surface area contributed by atoms with E-state index in [1.54, 1.807) is 0 Å². The first-order valence-electron chi connectivity index (χ1n) is 6.90. The van der Waals surface area contributed by atoms with Crippen molar-refractivity contribution in [3.8, 4) is 0 Å². The summed E-state index contributed by atoms with van der Waals surface area (Å²) >= 11 is 0. The molecule has 0 bridgehead atoms. The summed E-state index contributed by atoms with van der Waals surface area (Å²) in [6.45, 7) is 8.68. The fourth-order valence-corrected chi connectivity index (χ4v) is 2.63. The van der Waals surface area contributed by atoms with E-state index in [0.717, 1.165) is 25.9 Å². The van der Waals surface area contributed by atoms with Crippen LogP contribution in [0.15, 0.2) is 0 Å². The second-order valence-electron chi connectivity index (χ2n) is 6.89. The Hall–Kier alpha value is -0.610. The van der Waals surface area contributed by atoms with E-state index in [1.165, 1.54) is 0 Å². The Bertz CT molecular complexity index is 283. The maximum absolute atomic E-state index is 12.4.